The van der Waals surface area contributed by atoms with Crippen LogP contribution < -0.4 is 5.32 Å². The van der Waals surface area contributed by atoms with Crippen LogP contribution in [0.4, 0.5) is 0 Å². The summed E-state index contributed by atoms with van der Waals surface area (Å²) >= 11 is 0. The SMILES string of the molecule is C=CCCC(C)N[C@H](C)c1ccc(C)cc1. The molecule has 1 heteroatoms. The van der Waals surface area contributed by atoms with Gasteiger partial charge in [0.15, 0.2) is 0 Å². The van der Waals surface area contributed by atoms with Gasteiger partial charge in [-0.05, 0) is 39.2 Å². The lowest BCUT2D eigenvalue weighted by Gasteiger charge is -2.20. The Morgan fingerprint density at radius 3 is 2.44 bits per heavy atom. The van der Waals surface area contributed by atoms with E-state index in [1.807, 2.05) is 6.08 Å². The van der Waals surface area contributed by atoms with Crippen LogP contribution in [0.5, 0.6) is 0 Å². The second kappa shape index (κ2) is 6.49. The Labute approximate surface area is 99.6 Å². The van der Waals surface area contributed by atoms with Crippen molar-refractivity contribution in [3.63, 3.8) is 0 Å². The molecule has 1 unspecified atom stereocenters. The molecule has 16 heavy (non-hydrogen) atoms. The van der Waals surface area contributed by atoms with Gasteiger partial charge in [0.2, 0.25) is 0 Å². The van der Waals surface area contributed by atoms with E-state index in [1.54, 1.807) is 0 Å². The molecule has 0 radical (unpaired) electrons. The van der Waals surface area contributed by atoms with Crippen molar-refractivity contribution in [2.75, 3.05) is 0 Å². The molecule has 1 nitrogen and oxygen atoms in total. The summed E-state index contributed by atoms with van der Waals surface area (Å²) in [6.45, 7) is 10.3. The minimum absolute atomic E-state index is 0.417. The number of benzene rings is 1. The Kier molecular flexibility index (Phi) is 5.27. The highest BCUT2D eigenvalue weighted by Gasteiger charge is 2.08. The van der Waals surface area contributed by atoms with Crippen LogP contribution in [0.2, 0.25) is 0 Å². The Hall–Kier alpha value is -1.08. The van der Waals surface area contributed by atoms with Crippen LogP contribution in [0, 0.1) is 6.92 Å². The van der Waals surface area contributed by atoms with Gasteiger partial charge in [-0.1, -0.05) is 35.9 Å². The molecule has 0 bridgehead atoms. The van der Waals surface area contributed by atoms with Gasteiger partial charge in [0.25, 0.3) is 0 Å². The maximum Gasteiger partial charge on any atom is 0.0294 e. The van der Waals surface area contributed by atoms with Crippen LogP contribution >= 0.6 is 0 Å². The second-order valence-corrected chi connectivity index (χ2v) is 4.57. The monoisotopic (exact) mass is 217 g/mol. The first-order valence-electron chi connectivity index (χ1n) is 6.07. The average Bonchev–Trinajstić information content (AvgIpc) is 2.27. The van der Waals surface area contributed by atoms with Crippen LogP contribution in [0.15, 0.2) is 36.9 Å². The summed E-state index contributed by atoms with van der Waals surface area (Å²) in [7, 11) is 0. The zero-order valence-corrected chi connectivity index (χ0v) is 10.7. The molecule has 0 aromatic heterocycles. The minimum Gasteiger partial charge on any atom is -0.308 e. The fourth-order valence-electron chi connectivity index (χ4n) is 1.83. The highest BCUT2D eigenvalue weighted by Crippen LogP contribution is 2.14. The van der Waals surface area contributed by atoms with Gasteiger partial charge in [0.05, 0.1) is 0 Å². The molecule has 0 aliphatic rings. The van der Waals surface area contributed by atoms with Gasteiger partial charge in [-0.3, -0.25) is 0 Å². The minimum atomic E-state index is 0.417. The average molecular weight is 217 g/mol. The molecule has 0 amide bonds. The summed E-state index contributed by atoms with van der Waals surface area (Å²) in [6, 6.07) is 9.69. The van der Waals surface area contributed by atoms with E-state index < -0.39 is 0 Å². The predicted molar refractivity (Wildman–Crippen MR) is 71.6 cm³/mol. The van der Waals surface area contributed by atoms with Crippen molar-refractivity contribution in [1.82, 2.24) is 5.32 Å². The topological polar surface area (TPSA) is 12.0 Å². The van der Waals surface area contributed by atoms with E-state index >= 15 is 0 Å². The van der Waals surface area contributed by atoms with Crippen molar-refractivity contribution in [3.05, 3.63) is 48.0 Å². The summed E-state index contributed by atoms with van der Waals surface area (Å²) in [4.78, 5) is 0. The van der Waals surface area contributed by atoms with E-state index in [0.717, 1.165) is 12.8 Å². The molecule has 1 aromatic carbocycles. The van der Waals surface area contributed by atoms with E-state index in [2.05, 4.69) is 56.9 Å². The third-order valence-corrected chi connectivity index (χ3v) is 2.92. The fraction of sp³-hybridized carbons (Fsp3) is 0.467. The largest absolute Gasteiger partial charge is 0.308 e. The van der Waals surface area contributed by atoms with Crippen molar-refractivity contribution < 1.29 is 0 Å². The number of aryl methyl sites for hydroxylation is 1. The second-order valence-electron chi connectivity index (χ2n) is 4.57. The quantitative estimate of drug-likeness (QED) is 0.710. The van der Waals surface area contributed by atoms with Gasteiger partial charge < -0.3 is 5.32 Å². The van der Waals surface area contributed by atoms with Crippen molar-refractivity contribution in [2.45, 2.75) is 45.7 Å². The van der Waals surface area contributed by atoms with Crippen molar-refractivity contribution in [2.24, 2.45) is 0 Å². The van der Waals surface area contributed by atoms with E-state index in [4.69, 9.17) is 0 Å². The number of nitrogens with one attached hydrogen (secondary N) is 1. The smallest absolute Gasteiger partial charge is 0.0294 e. The van der Waals surface area contributed by atoms with E-state index in [9.17, 15) is 0 Å². The summed E-state index contributed by atoms with van der Waals surface area (Å²) in [5, 5.41) is 3.60. The summed E-state index contributed by atoms with van der Waals surface area (Å²) in [5.41, 5.74) is 2.67. The van der Waals surface area contributed by atoms with Gasteiger partial charge in [0, 0.05) is 12.1 Å². The first-order valence-corrected chi connectivity index (χ1v) is 6.07. The highest BCUT2D eigenvalue weighted by atomic mass is 14.9. The van der Waals surface area contributed by atoms with E-state index in [-0.39, 0.29) is 0 Å². The third-order valence-electron chi connectivity index (χ3n) is 2.92. The molecule has 1 N–H and O–H groups in total. The van der Waals surface area contributed by atoms with Crippen molar-refractivity contribution in [1.29, 1.82) is 0 Å². The van der Waals surface area contributed by atoms with E-state index in [0.29, 0.717) is 12.1 Å². The molecule has 0 heterocycles. The molecular weight excluding hydrogens is 194 g/mol. The first kappa shape index (κ1) is 13.0. The van der Waals surface area contributed by atoms with Crippen LogP contribution in [0.25, 0.3) is 0 Å². The fourth-order valence-corrected chi connectivity index (χ4v) is 1.83. The van der Waals surface area contributed by atoms with Gasteiger partial charge in [-0.2, -0.15) is 0 Å². The predicted octanol–water partition coefficient (Wildman–Crippen LogP) is 4.00. The van der Waals surface area contributed by atoms with Gasteiger partial charge in [-0.15, -0.1) is 6.58 Å². The molecule has 0 spiro atoms. The lowest BCUT2D eigenvalue weighted by molar-refractivity contribution is 0.459. The van der Waals surface area contributed by atoms with Crippen LogP contribution in [0.3, 0.4) is 0 Å². The molecule has 0 aliphatic heterocycles. The molecule has 1 rings (SSSR count). The Bertz CT molecular complexity index is 313. The van der Waals surface area contributed by atoms with Crippen LogP contribution in [0.1, 0.15) is 43.9 Å². The number of hydrogen-bond acceptors (Lipinski definition) is 1. The van der Waals surface area contributed by atoms with E-state index in [1.165, 1.54) is 11.1 Å². The molecule has 0 fully saturated rings. The lowest BCUT2D eigenvalue weighted by Crippen LogP contribution is -2.28. The lowest BCUT2D eigenvalue weighted by atomic mass is 10.0. The molecule has 0 aliphatic carbocycles. The van der Waals surface area contributed by atoms with Gasteiger partial charge in [-0.25, -0.2) is 0 Å². The maximum atomic E-state index is 3.75. The molecule has 88 valence electrons. The van der Waals surface area contributed by atoms with Crippen LogP contribution in [-0.2, 0) is 0 Å². The third kappa shape index (κ3) is 4.19. The number of hydrogen-bond donors (Lipinski definition) is 1. The van der Waals surface area contributed by atoms with Gasteiger partial charge >= 0.3 is 0 Å². The Balaban J connectivity index is 2.48. The Morgan fingerprint density at radius 1 is 1.25 bits per heavy atom. The number of rotatable bonds is 6. The van der Waals surface area contributed by atoms with Crippen LogP contribution in [-0.4, -0.2) is 6.04 Å². The van der Waals surface area contributed by atoms with Crippen molar-refractivity contribution >= 4 is 0 Å². The highest BCUT2D eigenvalue weighted by molar-refractivity contribution is 5.23. The molecule has 1 aromatic rings. The molecule has 0 saturated heterocycles. The molecule has 0 saturated carbocycles. The summed E-state index contributed by atoms with van der Waals surface area (Å²) < 4.78 is 0. The standard InChI is InChI=1S/C15H23N/c1-5-6-7-13(3)16-14(4)15-10-8-12(2)9-11-15/h5,8-11,13-14,16H,1,6-7H2,2-4H3/t13?,14-/m1/s1. The zero-order chi connectivity index (χ0) is 12.0. The summed E-state index contributed by atoms with van der Waals surface area (Å²) in [6.07, 6.45) is 4.21. The zero-order valence-electron chi connectivity index (χ0n) is 10.7. The number of allylic oxidation sites excluding steroid dienone is 1. The molecule has 2 atom stereocenters. The Morgan fingerprint density at radius 2 is 1.88 bits per heavy atom. The van der Waals surface area contributed by atoms with Gasteiger partial charge in [0.1, 0.15) is 0 Å². The first-order chi connectivity index (χ1) is 7.63. The normalized spacial score (nSPS) is 14.4. The van der Waals surface area contributed by atoms with Crippen molar-refractivity contribution in [3.8, 4) is 0 Å². The molecular formula is C15H23N. The maximum absolute atomic E-state index is 3.75. The summed E-state index contributed by atoms with van der Waals surface area (Å²) in [5.74, 6) is 0.